The van der Waals surface area contributed by atoms with Crippen molar-refractivity contribution in [3.63, 3.8) is 0 Å². The van der Waals surface area contributed by atoms with E-state index in [9.17, 15) is 0 Å². The molecular formula is C8H4Cl3NS2. The van der Waals surface area contributed by atoms with Crippen LogP contribution in [0.3, 0.4) is 0 Å². The Balaban J connectivity index is 2.36. The van der Waals surface area contributed by atoms with Gasteiger partial charge in [0.2, 0.25) is 3.12 Å². The van der Waals surface area contributed by atoms with E-state index >= 15 is 0 Å². The predicted octanol–water partition coefficient (Wildman–Crippen LogP) is 4.72. The van der Waals surface area contributed by atoms with Crippen molar-refractivity contribution >= 4 is 68.1 Å². The van der Waals surface area contributed by atoms with E-state index in [1.54, 1.807) is 0 Å². The molecule has 1 aromatic heterocycles. The van der Waals surface area contributed by atoms with E-state index in [0.717, 1.165) is 26.3 Å². The Labute approximate surface area is 104 Å². The molecule has 0 bridgehead atoms. The lowest BCUT2D eigenvalue weighted by molar-refractivity contribution is 1.30. The van der Waals surface area contributed by atoms with E-state index in [4.69, 9.17) is 34.8 Å². The zero-order valence-corrected chi connectivity index (χ0v) is 10.6. The largest absolute Gasteiger partial charge is 0.244 e. The number of alkyl halides is 3. The van der Waals surface area contributed by atoms with Gasteiger partial charge >= 0.3 is 0 Å². The number of hydrogen-bond acceptors (Lipinski definition) is 3. The topological polar surface area (TPSA) is 12.9 Å². The van der Waals surface area contributed by atoms with Gasteiger partial charge in [0.1, 0.15) is 0 Å². The lowest BCUT2D eigenvalue weighted by atomic mass is 10.3. The van der Waals surface area contributed by atoms with E-state index in [1.807, 2.05) is 24.3 Å². The fourth-order valence-electron chi connectivity index (χ4n) is 0.994. The lowest BCUT2D eigenvalue weighted by Crippen LogP contribution is -1.91. The Morgan fingerprint density at radius 3 is 2.57 bits per heavy atom. The summed E-state index contributed by atoms with van der Waals surface area (Å²) in [4.78, 5) is 4.33. The summed E-state index contributed by atoms with van der Waals surface area (Å²) < 4.78 is 0.531. The summed E-state index contributed by atoms with van der Waals surface area (Å²) in [6.45, 7) is 0. The molecule has 0 aliphatic rings. The van der Waals surface area contributed by atoms with Crippen LogP contribution in [0.4, 0.5) is 0 Å². The molecular weight excluding hydrogens is 281 g/mol. The highest BCUT2D eigenvalue weighted by Crippen LogP contribution is 2.45. The molecule has 0 amide bonds. The first-order valence-electron chi connectivity index (χ1n) is 3.66. The van der Waals surface area contributed by atoms with Crippen LogP contribution in [0.25, 0.3) is 10.2 Å². The first-order valence-corrected chi connectivity index (χ1v) is 6.42. The van der Waals surface area contributed by atoms with E-state index in [1.165, 1.54) is 11.3 Å². The third-order valence-corrected chi connectivity index (χ3v) is 4.00. The zero-order valence-electron chi connectivity index (χ0n) is 6.71. The molecule has 0 aliphatic heterocycles. The van der Waals surface area contributed by atoms with Gasteiger partial charge in [0, 0.05) is 0 Å². The standard InChI is InChI=1S/C8H4Cl3NS2/c9-8(10,11)14-7-12-5-3-1-2-4-6(5)13-7/h1-4H. The molecule has 2 aromatic rings. The summed E-state index contributed by atoms with van der Waals surface area (Å²) in [7, 11) is 0. The number of hydrogen-bond donors (Lipinski definition) is 0. The Bertz CT molecular complexity index is 416. The summed E-state index contributed by atoms with van der Waals surface area (Å²) in [6.07, 6.45) is 0. The number of fused-ring (bicyclic) bond motifs is 1. The summed E-state index contributed by atoms with van der Waals surface area (Å²) in [6, 6.07) is 7.83. The molecule has 0 spiro atoms. The number of aromatic nitrogens is 1. The molecule has 6 heteroatoms. The molecule has 0 saturated heterocycles. The maximum Gasteiger partial charge on any atom is 0.244 e. The average molecular weight is 285 g/mol. The normalized spacial score (nSPS) is 12.2. The van der Waals surface area contributed by atoms with Gasteiger partial charge < -0.3 is 0 Å². The number of thiazole rings is 1. The molecule has 0 fully saturated rings. The van der Waals surface area contributed by atoms with Crippen LogP contribution in [0.5, 0.6) is 0 Å². The van der Waals surface area contributed by atoms with Gasteiger partial charge in [0.15, 0.2) is 4.34 Å². The van der Waals surface area contributed by atoms with Crippen molar-refractivity contribution in [1.29, 1.82) is 0 Å². The number of rotatable bonds is 1. The van der Waals surface area contributed by atoms with Gasteiger partial charge in [0.05, 0.1) is 10.2 Å². The monoisotopic (exact) mass is 283 g/mol. The second-order valence-corrected chi connectivity index (χ2v) is 7.94. The molecule has 0 N–H and O–H groups in total. The summed E-state index contributed by atoms with van der Waals surface area (Å²) in [5.41, 5.74) is 0.939. The van der Waals surface area contributed by atoms with E-state index in [-0.39, 0.29) is 0 Å². The Hall–Kier alpha value is 0.330. The zero-order chi connectivity index (χ0) is 10.2. The second kappa shape index (κ2) is 4.06. The molecule has 1 heterocycles. The smallest absolute Gasteiger partial charge is 0.229 e. The van der Waals surface area contributed by atoms with Crippen LogP contribution >= 0.6 is 57.9 Å². The van der Waals surface area contributed by atoms with E-state index < -0.39 is 3.12 Å². The minimum absolute atomic E-state index is 0.770. The van der Waals surface area contributed by atoms with Crippen LogP contribution in [0, 0.1) is 0 Å². The van der Waals surface area contributed by atoms with Crippen LogP contribution in [0.1, 0.15) is 0 Å². The highest BCUT2D eigenvalue weighted by molar-refractivity contribution is 8.06. The van der Waals surface area contributed by atoms with Crippen molar-refractivity contribution in [3.8, 4) is 0 Å². The molecule has 0 aliphatic carbocycles. The second-order valence-electron chi connectivity index (χ2n) is 2.50. The van der Waals surface area contributed by atoms with Crippen molar-refractivity contribution in [1.82, 2.24) is 4.98 Å². The number of para-hydroxylation sites is 1. The van der Waals surface area contributed by atoms with Crippen molar-refractivity contribution in [2.75, 3.05) is 0 Å². The highest BCUT2D eigenvalue weighted by atomic mass is 35.6. The van der Waals surface area contributed by atoms with E-state index in [0.29, 0.717) is 0 Å². The van der Waals surface area contributed by atoms with Gasteiger partial charge in [-0.1, -0.05) is 46.9 Å². The third kappa shape index (κ3) is 2.67. The minimum Gasteiger partial charge on any atom is -0.229 e. The first kappa shape index (κ1) is 10.8. The van der Waals surface area contributed by atoms with Gasteiger partial charge in [-0.3, -0.25) is 0 Å². The molecule has 1 aromatic carbocycles. The van der Waals surface area contributed by atoms with Crippen LogP contribution in [-0.2, 0) is 0 Å². The van der Waals surface area contributed by atoms with Crippen LogP contribution in [-0.4, -0.2) is 8.11 Å². The lowest BCUT2D eigenvalue weighted by Gasteiger charge is -2.05. The Kier molecular flexibility index (Phi) is 3.15. The van der Waals surface area contributed by atoms with Gasteiger partial charge in [-0.05, 0) is 23.9 Å². The SMILES string of the molecule is ClC(Cl)(Cl)Sc1nc2ccccc2s1. The van der Waals surface area contributed by atoms with Gasteiger partial charge in [-0.25, -0.2) is 4.98 Å². The third-order valence-electron chi connectivity index (χ3n) is 1.48. The Morgan fingerprint density at radius 2 is 1.93 bits per heavy atom. The summed E-state index contributed by atoms with van der Waals surface area (Å²) in [5, 5.41) is 0. The highest BCUT2D eigenvalue weighted by Gasteiger charge is 2.23. The summed E-state index contributed by atoms with van der Waals surface area (Å²) >= 11 is 19.6. The fraction of sp³-hybridized carbons (Fsp3) is 0.125. The average Bonchev–Trinajstić information content (AvgIpc) is 2.42. The van der Waals surface area contributed by atoms with Crippen LogP contribution < -0.4 is 0 Å². The van der Waals surface area contributed by atoms with Gasteiger partial charge in [-0.15, -0.1) is 11.3 Å². The van der Waals surface area contributed by atoms with Crippen LogP contribution in [0.15, 0.2) is 28.6 Å². The molecule has 1 nitrogen and oxygen atoms in total. The van der Waals surface area contributed by atoms with Crippen molar-refractivity contribution in [2.45, 2.75) is 7.46 Å². The molecule has 0 radical (unpaired) electrons. The molecule has 0 atom stereocenters. The predicted molar refractivity (Wildman–Crippen MR) is 65.8 cm³/mol. The van der Waals surface area contributed by atoms with E-state index in [2.05, 4.69) is 4.98 Å². The fourth-order valence-corrected chi connectivity index (χ4v) is 3.91. The molecule has 2 rings (SSSR count). The maximum absolute atomic E-state index is 5.66. The van der Waals surface area contributed by atoms with Crippen molar-refractivity contribution < 1.29 is 0 Å². The molecule has 74 valence electrons. The van der Waals surface area contributed by atoms with Gasteiger partial charge in [0.25, 0.3) is 0 Å². The molecule has 0 unspecified atom stereocenters. The minimum atomic E-state index is -1.34. The van der Waals surface area contributed by atoms with Gasteiger partial charge in [-0.2, -0.15) is 0 Å². The molecule has 0 saturated carbocycles. The van der Waals surface area contributed by atoms with Crippen molar-refractivity contribution in [2.24, 2.45) is 0 Å². The Morgan fingerprint density at radius 1 is 1.21 bits per heavy atom. The van der Waals surface area contributed by atoms with Crippen LogP contribution in [0.2, 0.25) is 0 Å². The number of benzene rings is 1. The number of nitrogens with zero attached hydrogens (tertiary/aromatic N) is 1. The quantitative estimate of drug-likeness (QED) is 0.555. The number of halogens is 3. The van der Waals surface area contributed by atoms with Crippen molar-refractivity contribution in [3.05, 3.63) is 24.3 Å². The summed E-state index contributed by atoms with van der Waals surface area (Å²) in [5.74, 6) is 0. The molecule has 14 heavy (non-hydrogen) atoms. The number of thioether (sulfide) groups is 1. The first-order chi connectivity index (χ1) is 6.54. The maximum atomic E-state index is 5.66.